The molecule has 3 rings (SSSR count). The maximum atomic E-state index is 12.3. The molecule has 120 valence electrons. The Hall–Kier alpha value is -1.89. The fourth-order valence-corrected chi connectivity index (χ4v) is 3.29. The Morgan fingerprint density at radius 1 is 1.41 bits per heavy atom. The largest absolute Gasteiger partial charge is 0.481 e. The zero-order valence-corrected chi connectivity index (χ0v) is 12.7. The second-order valence-corrected chi connectivity index (χ2v) is 6.39. The summed E-state index contributed by atoms with van der Waals surface area (Å²) in [6.45, 7) is 2.17. The second-order valence-electron chi connectivity index (χ2n) is 6.39. The van der Waals surface area contributed by atoms with Crippen molar-refractivity contribution in [3.8, 4) is 0 Å². The van der Waals surface area contributed by atoms with Crippen LogP contribution < -0.4 is 5.32 Å². The molecular weight excluding hydrogens is 284 g/mol. The number of nitrogens with zero attached hydrogens (tertiary/aromatic N) is 3. The van der Waals surface area contributed by atoms with Gasteiger partial charge in [0.25, 0.3) is 5.91 Å². The van der Waals surface area contributed by atoms with Gasteiger partial charge in [0.05, 0.1) is 18.2 Å². The van der Waals surface area contributed by atoms with Crippen molar-refractivity contribution in [2.75, 3.05) is 19.6 Å². The van der Waals surface area contributed by atoms with E-state index in [1.807, 2.05) is 0 Å². The molecule has 2 atom stereocenters. The van der Waals surface area contributed by atoms with Crippen LogP contribution in [-0.4, -0.2) is 57.3 Å². The number of carboxylic acids is 1. The molecule has 1 saturated heterocycles. The summed E-state index contributed by atoms with van der Waals surface area (Å²) in [4.78, 5) is 25.2. The molecule has 1 aliphatic heterocycles. The van der Waals surface area contributed by atoms with Crippen LogP contribution in [0, 0.1) is 11.8 Å². The first-order chi connectivity index (χ1) is 10.5. The zero-order chi connectivity index (χ0) is 15.7. The van der Waals surface area contributed by atoms with Crippen LogP contribution in [0.5, 0.6) is 0 Å². The summed E-state index contributed by atoms with van der Waals surface area (Å²) >= 11 is 0. The minimum absolute atomic E-state index is 0.0937. The third-order valence-corrected chi connectivity index (χ3v) is 4.59. The van der Waals surface area contributed by atoms with E-state index >= 15 is 0 Å². The Kier molecular flexibility index (Phi) is 4.15. The molecule has 2 N–H and O–H groups in total. The lowest BCUT2D eigenvalue weighted by molar-refractivity contribution is -0.137. The van der Waals surface area contributed by atoms with Gasteiger partial charge in [0, 0.05) is 38.9 Å². The summed E-state index contributed by atoms with van der Waals surface area (Å²) < 4.78 is 1.61. The number of likely N-dealkylation sites (tertiary alicyclic amines) is 1. The predicted octanol–water partition coefficient (Wildman–Crippen LogP) is 0.335. The van der Waals surface area contributed by atoms with Crippen molar-refractivity contribution in [2.45, 2.75) is 25.3 Å². The SMILES string of the molecule is Cn1cc(C(=O)NC2CN(CCC(=O)O)CC2C2CC2)cn1. The Labute approximate surface area is 129 Å². The third-order valence-electron chi connectivity index (χ3n) is 4.59. The van der Waals surface area contributed by atoms with E-state index in [2.05, 4.69) is 15.3 Å². The van der Waals surface area contributed by atoms with Crippen LogP contribution in [0.15, 0.2) is 12.4 Å². The van der Waals surface area contributed by atoms with Gasteiger partial charge in [-0.2, -0.15) is 5.10 Å². The van der Waals surface area contributed by atoms with Crippen molar-refractivity contribution >= 4 is 11.9 Å². The number of hydrogen-bond donors (Lipinski definition) is 2. The fourth-order valence-electron chi connectivity index (χ4n) is 3.29. The molecule has 1 aromatic rings. The van der Waals surface area contributed by atoms with Crippen molar-refractivity contribution in [3.63, 3.8) is 0 Å². The molecule has 7 nitrogen and oxygen atoms in total. The summed E-state index contributed by atoms with van der Waals surface area (Å²) in [6, 6.07) is 0.106. The molecule has 0 spiro atoms. The average Bonchev–Trinajstić information content (AvgIpc) is 3.09. The highest BCUT2D eigenvalue weighted by Gasteiger charge is 2.43. The van der Waals surface area contributed by atoms with E-state index < -0.39 is 5.97 Å². The van der Waals surface area contributed by atoms with Gasteiger partial charge >= 0.3 is 5.97 Å². The van der Waals surface area contributed by atoms with Gasteiger partial charge < -0.3 is 15.3 Å². The summed E-state index contributed by atoms with van der Waals surface area (Å²) in [5, 5.41) is 16.0. The lowest BCUT2D eigenvalue weighted by atomic mass is 9.98. The number of carbonyl (C=O) groups is 2. The molecule has 7 heteroatoms. The quantitative estimate of drug-likeness (QED) is 0.791. The highest BCUT2D eigenvalue weighted by Crippen LogP contribution is 2.41. The first-order valence-corrected chi connectivity index (χ1v) is 7.76. The molecule has 1 saturated carbocycles. The molecule has 0 aromatic carbocycles. The van der Waals surface area contributed by atoms with Gasteiger partial charge in [-0.05, 0) is 24.7 Å². The first kappa shape index (κ1) is 15.0. The van der Waals surface area contributed by atoms with E-state index in [1.165, 1.54) is 12.8 Å². The van der Waals surface area contributed by atoms with E-state index in [-0.39, 0.29) is 18.4 Å². The number of hydrogen-bond acceptors (Lipinski definition) is 4. The van der Waals surface area contributed by atoms with Crippen LogP contribution in [0.2, 0.25) is 0 Å². The van der Waals surface area contributed by atoms with Crippen LogP contribution in [0.25, 0.3) is 0 Å². The number of aromatic nitrogens is 2. The van der Waals surface area contributed by atoms with E-state index in [4.69, 9.17) is 5.11 Å². The molecule has 2 heterocycles. The molecule has 1 aromatic heterocycles. The van der Waals surface area contributed by atoms with Gasteiger partial charge in [0.2, 0.25) is 0 Å². The normalized spacial score (nSPS) is 25.3. The molecule has 2 unspecified atom stereocenters. The number of nitrogens with one attached hydrogen (secondary N) is 1. The molecule has 0 bridgehead atoms. The molecule has 2 aliphatic rings. The number of rotatable bonds is 6. The van der Waals surface area contributed by atoms with Crippen LogP contribution in [0.3, 0.4) is 0 Å². The first-order valence-electron chi connectivity index (χ1n) is 7.76. The van der Waals surface area contributed by atoms with Crippen LogP contribution in [-0.2, 0) is 11.8 Å². The zero-order valence-electron chi connectivity index (χ0n) is 12.7. The van der Waals surface area contributed by atoms with E-state index in [1.54, 1.807) is 24.1 Å². The molecule has 2 fully saturated rings. The summed E-state index contributed by atoms with van der Waals surface area (Å²) in [7, 11) is 1.78. The summed E-state index contributed by atoms with van der Waals surface area (Å²) in [5.74, 6) is 0.248. The number of amides is 1. The monoisotopic (exact) mass is 306 g/mol. The predicted molar refractivity (Wildman–Crippen MR) is 79.4 cm³/mol. The van der Waals surface area contributed by atoms with Crippen molar-refractivity contribution in [2.24, 2.45) is 18.9 Å². The standard InChI is InChI=1S/C15H22N4O3/c1-18-7-11(6-16-18)15(22)17-13-9-19(5-4-14(20)21)8-12(13)10-2-3-10/h6-7,10,12-13H,2-5,8-9H2,1H3,(H,17,22)(H,20,21). The Bertz CT molecular complexity index is 567. The second kappa shape index (κ2) is 6.08. The topological polar surface area (TPSA) is 87.5 Å². The van der Waals surface area contributed by atoms with Crippen LogP contribution >= 0.6 is 0 Å². The van der Waals surface area contributed by atoms with Gasteiger partial charge in [-0.3, -0.25) is 14.3 Å². The number of aryl methyl sites for hydroxylation is 1. The lowest BCUT2D eigenvalue weighted by Crippen LogP contribution is -2.41. The highest BCUT2D eigenvalue weighted by atomic mass is 16.4. The maximum Gasteiger partial charge on any atom is 0.304 e. The Morgan fingerprint density at radius 3 is 2.77 bits per heavy atom. The lowest BCUT2D eigenvalue weighted by Gasteiger charge is -2.19. The number of carbonyl (C=O) groups excluding carboxylic acids is 1. The average molecular weight is 306 g/mol. The fraction of sp³-hybridized carbons (Fsp3) is 0.667. The van der Waals surface area contributed by atoms with Crippen LogP contribution in [0.1, 0.15) is 29.6 Å². The number of aliphatic carboxylic acids is 1. The molecule has 1 aliphatic carbocycles. The van der Waals surface area contributed by atoms with Crippen molar-refractivity contribution < 1.29 is 14.7 Å². The Morgan fingerprint density at radius 2 is 2.18 bits per heavy atom. The van der Waals surface area contributed by atoms with E-state index in [0.29, 0.717) is 23.9 Å². The minimum atomic E-state index is -0.772. The maximum absolute atomic E-state index is 12.3. The third kappa shape index (κ3) is 3.47. The van der Waals surface area contributed by atoms with E-state index in [9.17, 15) is 9.59 Å². The number of carboxylic acid groups (broad SMARTS) is 1. The van der Waals surface area contributed by atoms with Gasteiger partial charge in [-0.1, -0.05) is 0 Å². The van der Waals surface area contributed by atoms with Crippen LogP contribution in [0.4, 0.5) is 0 Å². The smallest absolute Gasteiger partial charge is 0.304 e. The van der Waals surface area contributed by atoms with Crippen molar-refractivity contribution in [1.82, 2.24) is 20.0 Å². The van der Waals surface area contributed by atoms with Gasteiger partial charge in [0.15, 0.2) is 0 Å². The molecule has 1 amide bonds. The molecule has 0 radical (unpaired) electrons. The molecule has 22 heavy (non-hydrogen) atoms. The highest BCUT2D eigenvalue weighted by molar-refractivity contribution is 5.93. The van der Waals surface area contributed by atoms with Gasteiger partial charge in [0.1, 0.15) is 0 Å². The minimum Gasteiger partial charge on any atom is -0.481 e. The van der Waals surface area contributed by atoms with Crippen molar-refractivity contribution in [3.05, 3.63) is 18.0 Å². The van der Waals surface area contributed by atoms with E-state index in [0.717, 1.165) is 13.1 Å². The van der Waals surface area contributed by atoms with Gasteiger partial charge in [-0.15, -0.1) is 0 Å². The molecular formula is C15H22N4O3. The Balaban J connectivity index is 1.60. The summed E-state index contributed by atoms with van der Waals surface area (Å²) in [5.41, 5.74) is 0.570. The summed E-state index contributed by atoms with van der Waals surface area (Å²) in [6.07, 6.45) is 5.87. The van der Waals surface area contributed by atoms with Crippen molar-refractivity contribution in [1.29, 1.82) is 0 Å². The van der Waals surface area contributed by atoms with Gasteiger partial charge in [-0.25, -0.2) is 0 Å².